The fourth-order valence-electron chi connectivity index (χ4n) is 1.81. The molecule has 21 heavy (non-hydrogen) atoms. The fourth-order valence-corrected chi connectivity index (χ4v) is 1.81. The Balaban J connectivity index is 3.12. The van der Waals surface area contributed by atoms with Crippen LogP contribution < -0.4 is 14.8 Å². The highest BCUT2D eigenvalue weighted by atomic mass is 19.3. The zero-order chi connectivity index (χ0) is 16.0. The van der Waals surface area contributed by atoms with E-state index in [-0.39, 0.29) is 24.1 Å². The molecular formula is C14H19F2NO4. The summed E-state index contributed by atoms with van der Waals surface area (Å²) in [6.07, 6.45) is 0. The first-order valence-corrected chi connectivity index (χ1v) is 6.55. The summed E-state index contributed by atoms with van der Waals surface area (Å²) in [6, 6.07) is 3.09. The van der Waals surface area contributed by atoms with Crippen molar-refractivity contribution < 1.29 is 28.2 Å². The van der Waals surface area contributed by atoms with Crippen LogP contribution in [-0.4, -0.2) is 30.3 Å². The minimum Gasteiger partial charge on any atom is -0.490 e. The van der Waals surface area contributed by atoms with Crippen LogP contribution in [0.15, 0.2) is 18.2 Å². The molecular weight excluding hydrogens is 284 g/mol. The van der Waals surface area contributed by atoms with Crippen molar-refractivity contribution in [3.8, 4) is 11.5 Å². The first-order chi connectivity index (χ1) is 9.85. The maximum Gasteiger partial charge on any atom is 0.387 e. The average Bonchev–Trinajstić information content (AvgIpc) is 2.37. The van der Waals surface area contributed by atoms with E-state index in [1.807, 2.05) is 13.8 Å². The Morgan fingerprint density at radius 1 is 1.33 bits per heavy atom. The second kappa shape index (κ2) is 7.78. The van der Waals surface area contributed by atoms with Crippen LogP contribution in [0.2, 0.25) is 0 Å². The number of alkyl halides is 2. The first-order valence-electron chi connectivity index (χ1n) is 6.55. The van der Waals surface area contributed by atoms with Gasteiger partial charge in [0.1, 0.15) is 6.04 Å². The van der Waals surface area contributed by atoms with Crippen LogP contribution in [0.25, 0.3) is 0 Å². The predicted octanol–water partition coefficient (Wildman–Crippen LogP) is 2.81. The third-order valence-electron chi connectivity index (χ3n) is 2.56. The molecule has 0 aliphatic rings. The van der Waals surface area contributed by atoms with E-state index in [1.165, 1.54) is 18.2 Å². The van der Waals surface area contributed by atoms with Gasteiger partial charge in [-0.15, -0.1) is 0 Å². The summed E-state index contributed by atoms with van der Waals surface area (Å²) in [6.45, 7) is 2.60. The lowest BCUT2D eigenvalue weighted by atomic mass is 10.1. The number of hydrogen-bond donors (Lipinski definition) is 2. The summed E-state index contributed by atoms with van der Waals surface area (Å²) in [4.78, 5) is 11.3. The van der Waals surface area contributed by atoms with Crippen LogP contribution in [0, 0.1) is 0 Å². The molecule has 0 radical (unpaired) electrons. The minimum atomic E-state index is -2.97. The van der Waals surface area contributed by atoms with E-state index in [2.05, 4.69) is 10.1 Å². The molecule has 1 aromatic carbocycles. The maximum atomic E-state index is 12.3. The quantitative estimate of drug-likeness (QED) is 0.773. The van der Waals surface area contributed by atoms with Crippen molar-refractivity contribution in [1.82, 2.24) is 5.32 Å². The summed E-state index contributed by atoms with van der Waals surface area (Å²) in [5.74, 6) is -1.09. The second-order valence-corrected chi connectivity index (χ2v) is 4.61. The summed E-state index contributed by atoms with van der Waals surface area (Å²) >= 11 is 0. The molecule has 0 saturated carbocycles. The molecule has 7 heteroatoms. The topological polar surface area (TPSA) is 67.8 Å². The van der Waals surface area contributed by atoms with Crippen LogP contribution in [0.4, 0.5) is 8.78 Å². The van der Waals surface area contributed by atoms with Crippen LogP contribution in [-0.2, 0) is 4.79 Å². The monoisotopic (exact) mass is 303 g/mol. The van der Waals surface area contributed by atoms with Gasteiger partial charge in [-0.05, 0) is 38.5 Å². The normalized spacial score (nSPS) is 12.5. The highest BCUT2D eigenvalue weighted by Crippen LogP contribution is 2.32. The third-order valence-corrected chi connectivity index (χ3v) is 2.56. The number of halogens is 2. The van der Waals surface area contributed by atoms with E-state index in [4.69, 9.17) is 4.74 Å². The summed E-state index contributed by atoms with van der Waals surface area (Å²) in [5, 5.41) is 12.1. The van der Waals surface area contributed by atoms with Crippen molar-refractivity contribution >= 4 is 5.97 Å². The fraction of sp³-hybridized carbons (Fsp3) is 0.500. The van der Waals surface area contributed by atoms with E-state index >= 15 is 0 Å². The van der Waals surface area contributed by atoms with Gasteiger partial charge in [-0.25, -0.2) is 0 Å². The van der Waals surface area contributed by atoms with E-state index in [9.17, 15) is 18.7 Å². The SMILES string of the molecule is CCOc1cc(C(NC(C)C)C(=O)O)ccc1OC(F)F. The van der Waals surface area contributed by atoms with Crippen molar-refractivity contribution in [3.05, 3.63) is 23.8 Å². The molecule has 2 N–H and O–H groups in total. The van der Waals surface area contributed by atoms with Crippen molar-refractivity contribution in [2.45, 2.75) is 39.5 Å². The number of nitrogens with one attached hydrogen (secondary N) is 1. The maximum absolute atomic E-state index is 12.3. The van der Waals surface area contributed by atoms with Crippen LogP contribution in [0.5, 0.6) is 11.5 Å². The number of benzene rings is 1. The van der Waals surface area contributed by atoms with Gasteiger partial charge in [-0.1, -0.05) is 6.07 Å². The lowest BCUT2D eigenvalue weighted by Gasteiger charge is -2.19. The molecule has 1 aromatic rings. The van der Waals surface area contributed by atoms with Gasteiger partial charge in [0.15, 0.2) is 11.5 Å². The molecule has 0 saturated heterocycles. The number of carboxylic acid groups (broad SMARTS) is 1. The van der Waals surface area contributed by atoms with Crippen molar-refractivity contribution in [2.75, 3.05) is 6.61 Å². The number of carboxylic acids is 1. The predicted molar refractivity (Wildman–Crippen MR) is 72.9 cm³/mol. The molecule has 1 atom stereocenters. The van der Waals surface area contributed by atoms with Gasteiger partial charge in [0, 0.05) is 6.04 Å². The number of rotatable bonds is 8. The van der Waals surface area contributed by atoms with Gasteiger partial charge < -0.3 is 14.6 Å². The van der Waals surface area contributed by atoms with Crippen LogP contribution in [0.3, 0.4) is 0 Å². The number of carbonyl (C=O) groups is 1. The molecule has 5 nitrogen and oxygen atoms in total. The van der Waals surface area contributed by atoms with Gasteiger partial charge in [-0.2, -0.15) is 8.78 Å². The largest absolute Gasteiger partial charge is 0.490 e. The van der Waals surface area contributed by atoms with E-state index in [0.29, 0.717) is 5.56 Å². The Morgan fingerprint density at radius 3 is 2.48 bits per heavy atom. The zero-order valence-corrected chi connectivity index (χ0v) is 12.1. The Kier molecular flexibility index (Phi) is 6.36. The molecule has 0 heterocycles. The molecule has 118 valence electrons. The molecule has 0 spiro atoms. The standard InChI is InChI=1S/C14H19F2NO4/c1-4-20-11-7-9(5-6-10(11)21-14(15)16)12(13(18)19)17-8(2)3/h5-8,12,14,17H,4H2,1-3H3,(H,18,19). The molecule has 0 aliphatic heterocycles. The molecule has 1 rings (SSSR count). The first kappa shape index (κ1) is 17.2. The van der Waals surface area contributed by atoms with Crippen LogP contribution in [0.1, 0.15) is 32.4 Å². The average molecular weight is 303 g/mol. The van der Waals surface area contributed by atoms with Gasteiger partial charge in [0.2, 0.25) is 0 Å². The Bertz CT molecular complexity index is 480. The van der Waals surface area contributed by atoms with Gasteiger partial charge in [-0.3, -0.25) is 10.1 Å². The lowest BCUT2D eigenvalue weighted by Crippen LogP contribution is -2.33. The minimum absolute atomic E-state index is 0.0568. The summed E-state index contributed by atoms with van der Waals surface area (Å²) in [7, 11) is 0. The zero-order valence-electron chi connectivity index (χ0n) is 12.1. The number of aliphatic carboxylic acids is 1. The molecule has 1 unspecified atom stereocenters. The summed E-state index contributed by atoms with van der Waals surface area (Å²) < 4.78 is 34.2. The highest BCUT2D eigenvalue weighted by Gasteiger charge is 2.22. The Hall–Kier alpha value is -1.89. The number of ether oxygens (including phenoxy) is 2. The Labute approximate surface area is 121 Å². The molecule has 0 fully saturated rings. The molecule has 0 aromatic heterocycles. The summed E-state index contributed by atoms with van der Waals surface area (Å²) in [5.41, 5.74) is 0.404. The highest BCUT2D eigenvalue weighted by molar-refractivity contribution is 5.76. The van der Waals surface area contributed by atoms with Crippen LogP contribution >= 0.6 is 0 Å². The van der Waals surface area contributed by atoms with Crippen molar-refractivity contribution in [3.63, 3.8) is 0 Å². The van der Waals surface area contributed by atoms with E-state index in [1.54, 1.807) is 6.92 Å². The van der Waals surface area contributed by atoms with E-state index in [0.717, 1.165) is 0 Å². The van der Waals surface area contributed by atoms with Gasteiger partial charge >= 0.3 is 12.6 Å². The van der Waals surface area contributed by atoms with Crippen molar-refractivity contribution in [2.24, 2.45) is 0 Å². The molecule has 0 aliphatic carbocycles. The van der Waals surface area contributed by atoms with E-state index < -0.39 is 18.6 Å². The lowest BCUT2D eigenvalue weighted by molar-refractivity contribution is -0.139. The second-order valence-electron chi connectivity index (χ2n) is 4.61. The smallest absolute Gasteiger partial charge is 0.387 e. The third kappa shape index (κ3) is 5.18. The Morgan fingerprint density at radius 2 is 2.00 bits per heavy atom. The van der Waals surface area contributed by atoms with Gasteiger partial charge in [0.05, 0.1) is 6.61 Å². The van der Waals surface area contributed by atoms with Gasteiger partial charge in [0.25, 0.3) is 0 Å². The molecule has 0 bridgehead atoms. The number of hydrogen-bond acceptors (Lipinski definition) is 4. The molecule has 0 amide bonds. The van der Waals surface area contributed by atoms with Crippen molar-refractivity contribution in [1.29, 1.82) is 0 Å².